The quantitative estimate of drug-likeness (QED) is 0.156. The molecular formula is C57H49N5OPt. The molecule has 0 fully saturated rings. The van der Waals surface area contributed by atoms with Gasteiger partial charge in [0.25, 0.3) is 0 Å². The Bertz CT molecular complexity index is 3350. The van der Waals surface area contributed by atoms with Gasteiger partial charge in [-0.25, -0.2) is 4.98 Å². The van der Waals surface area contributed by atoms with Crippen molar-refractivity contribution >= 4 is 66.4 Å². The second kappa shape index (κ2) is 16.2. The van der Waals surface area contributed by atoms with Crippen LogP contribution in [-0.4, -0.2) is 14.1 Å². The van der Waals surface area contributed by atoms with Gasteiger partial charge in [0.05, 0.1) is 11.0 Å². The first-order chi connectivity index (χ1) is 30.0. The first-order valence-corrected chi connectivity index (χ1v) is 21.3. The van der Waals surface area contributed by atoms with Gasteiger partial charge in [0.1, 0.15) is 5.82 Å². The summed E-state index contributed by atoms with van der Waals surface area (Å²) in [6, 6.07) is 63.2. The van der Waals surface area contributed by atoms with Gasteiger partial charge >= 0.3 is 21.1 Å². The Kier molecular flexibility index (Phi) is 10.8. The summed E-state index contributed by atoms with van der Waals surface area (Å²) < 4.78 is 11.4. The van der Waals surface area contributed by atoms with E-state index in [1.165, 1.54) is 27.4 Å². The van der Waals surface area contributed by atoms with Gasteiger partial charge < -0.3 is 31.1 Å². The van der Waals surface area contributed by atoms with E-state index in [4.69, 9.17) is 9.72 Å². The Morgan fingerprint density at radius 1 is 0.500 bits per heavy atom. The van der Waals surface area contributed by atoms with E-state index in [2.05, 4.69) is 231 Å². The van der Waals surface area contributed by atoms with Gasteiger partial charge in [-0.05, 0) is 88.5 Å². The minimum Gasteiger partial charge on any atom is -0.509 e. The van der Waals surface area contributed by atoms with Gasteiger partial charge in [-0.2, -0.15) is 6.07 Å². The summed E-state index contributed by atoms with van der Waals surface area (Å²) in [6.07, 6.45) is 1.91. The molecule has 318 valence electrons. The van der Waals surface area contributed by atoms with E-state index in [0.717, 1.165) is 61.6 Å². The second-order valence-electron chi connectivity index (χ2n) is 18.3. The van der Waals surface area contributed by atoms with Crippen molar-refractivity contribution in [3.8, 4) is 23.0 Å². The Hall–Kier alpha value is -6.62. The minimum atomic E-state index is -0.164. The van der Waals surface area contributed by atoms with Gasteiger partial charge in [-0.15, -0.1) is 53.6 Å². The molecule has 0 aliphatic carbocycles. The number of hydrogen-bond donors (Lipinski definition) is 0. The maximum atomic E-state index is 6.81. The van der Waals surface area contributed by atoms with E-state index < -0.39 is 0 Å². The number of pyridine rings is 1. The third kappa shape index (κ3) is 7.24. The van der Waals surface area contributed by atoms with Gasteiger partial charge in [-0.3, -0.25) is 0 Å². The number of hydrogen-bond acceptors (Lipinski definition) is 4. The molecule has 4 heterocycles. The summed E-state index contributed by atoms with van der Waals surface area (Å²) in [6.45, 7) is 15.6. The summed E-state index contributed by atoms with van der Waals surface area (Å²) in [7, 11) is 0. The van der Waals surface area contributed by atoms with Gasteiger partial charge in [0.2, 0.25) is 0 Å². The third-order valence-corrected chi connectivity index (χ3v) is 12.2. The molecule has 0 saturated heterocycles. The molecular weight excluding hydrogens is 966 g/mol. The molecule has 6 nitrogen and oxygen atoms in total. The van der Waals surface area contributed by atoms with E-state index in [0.29, 0.717) is 11.5 Å². The summed E-state index contributed by atoms with van der Waals surface area (Å²) in [4.78, 5) is 9.39. The van der Waals surface area contributed by atoms with Crippen LogP contribution < -0.4 is 14.5 Å². The van der Waals surface area contributed by atoms with Gasteiger partial charge in [0.15, 0.2) is 0 Å². The molecule has 7 aromatic carbocycles. The fraction of sp³-hybridized carbons (Fsp3) is 0.140. The number of aromatic nitrogens is 3. The van der Waals surface area contributed by atoms with Crippen LogP contribution in [0.2, 0.25) is 0 Å². The van der Waals surface area contributed by atoms with Crippen molar-refractivity contribution in [3.63, 3.8) is 0 Å². The number of nitrogens with zero attached hydrogens (tertiary/aromatic N) is 5. The molecule has 11 rings (SSSR count). The van der Waals surface area contributed by atoms with Crippen LogP contribution >= 0.6 is 0 Å². The van der Waals surface area contributed by atoms with Gasteiger partial charge in [0, 0.05) is 56.7 Å². The van der Waals surface area contributed by atoms with Crippen LogP contribution in [0.15, 0.2) is 164 Å². The largest absolute Gasteiger partial charge is 4.00 e. The number of ether oxygens (including phenoxy) is 1. The van der Waals surface area contributed by atoms with Crippen LogP contribution in [-0.2, 0) is 31.9 Å². The number of anilines is 4. The molecule has 0 radical (unpaired) electrons. The molecule has 0 amide bonds. The molecule has 10 aromatic rings. The molecule has 0 unspecified atom stereocenters. The van der Waals surface area contributed by atoms with Crippen molar-refractivity contribution in [2.75, 3.05) is 9.80 Å². The second-order valence-corrected chi connectivity index (χ2v) is 18.3. The molecule has 0 saturated carbocycles. The predicted octanol–water partition coefficient (Wildman–Crippen LogP) is 15.1. The standard InChI is InChI=1S/C56H46N5O.CH3.Pt/c1-55(2,3)37-28-29-57-54(32-37)61-49-21-13-10-18-44(49)46-26-25-42(35-53(46)61)62-43-31-38(56(4,5)6)30-41(33-43)59-36-58(51-22-14-15-23-52(51)59)40-24-27-50-47(34-40)45-19-11-12-20-48(45)60(50)39-16-8-7-9-17-39;;/h7-32,34,36H,1-6H3;1H3;/q-3;-1;+4. The summed E-state index contributed by atoms with van der Waals surface area (Å²) in [5, 5.41) is 4.66. The molecule has 3 aromatic heterocycles. The molecule has 64 heavy (non-hydrogen) atoms. The molecule has 7 heteroatoms. The van der Waals surface area contributed by atoms with Crippen LogP contribution in [0, 0.1) is 26.2 Å². The van der Waals surface area contributed by atoms with Crippen LogP contribution in [0.5, 0.6) is 11.5 Å². The van der Waals surface area contributed by atoms with Crippen LogP contribution in [0.25, 0.3) is 55.1 Å². The monoisotopic (exact) mass is 1010 g/mol. The minimum absolute atomic E-state index is 0. The molecule has 0 N–H and O–H groups in total. The first kappa shape index (κ1) is 42.7. The van der Waals surface area contributed by atoms with E-state index in [-0.39, 0.29) is 39.3 Å². The van der Waals surface area contributed by atoms with Crippen molar-refractivity contribution in [1.82, 2.24) is 14.1 Å². The maximum Gasteiger partial charge on any atom is 4.00 e. The smallest absolute Gasteiger partial charge is 0.509 e. The van der Waals surface area contributed by atoms with Crippen LogP contribution in [0.3, 0.4) is 0 Å². The molecule has 0 bridgehead atoms. The Morgan fingerprint density at radius 2 is 1.12 bits per heavy atom. The third-order valence-electron chi connectivity index (χ3n) is 12.2. The van der Waals surface area contributed by atoms with Crippen molar-refractivity contribution in [1.29, 1.82) is 0 Å². The Balaban J connectivity index is 0.00000259. The van der Waals surface area contributed by atoms with Crippen LogP contribution in [0.4, 0.5) is 22.7 Å². The number of benzene rings is 7. The first-order valence-electron chi connectivity index (χ1n) is 21.3. The zero-order valence-corrected chi connectivity index (χ0v) is 39.4. The number of rotatable bonds is 6. The van der Waals surface area contributed by atoms with Crippen molar-refractivity contribution in [2.45, 2.75) is 52.4 Å². The average molecular weight is 1020 g/mol. The number of para-hydroxylation sites is 5. The van der Waals surface area contributed by atoms with Crippen molar-refractivity contribution in [3.05, 3.63) is 201 Å². The summed E-state index contributed by atoms with van der Waals surface area (Å²) >= 11 is 0. The van der Waals surface area contributed by atoms with Crippen LogP contribution in [0.1, 0.15) is 52.7 Å². The van der Waals surface area contributed by atoms with E-state index in [1.807, 2.05) is 12.3 Å². The fourth-order valence-corrected chi connectivity index (χ4v) is 8.92. The molecule has 0 atom stereocenters. The normalized spacial score (nSPS) is 12.8. The van der Waals surface area contributed by atoms with Gasteiger partial charge in [-0.1, -0.05) is 114 Å². The summed E-state index contributed by atoms with van der Waals surface area (Å²) in [5.74, 6) is 2.09. The Morgan fingerprint density at radius 3 is 1.84 bits per heavy atom. The SMILES string of the molecule is CC(C)(C)c1cc(Oc2[c-]c3c(cc2)c2ccccc2n3-c2cc(C(C)(C)C)ccn2)[c-]c(N2[CH-]N(c3ccc4c(c3)c3ccccc3n4-c3ccccc3)c3ccccc32)c1.[CH3-].[Pt+4]. The van der Waals surface area contributed by atoms with Crippen molar-refractivity contribution in [2.24, 2.45) is 0 Å². The fourth-order valence-electron chi connectivity index (χ4n) is 8.92. The molecule has 0 spiro atoms. The topological polar surface area (TPSA) is 38.5 Å². The zero-order valence-electron chi connectivity index (χ0n) is 37.1. The Labute approximate surface area is 390 Å². The zero-order chi connectivity index (χ0) is 42.3. The number of fused-ring (bicyclic) bond motifs is 7. The van der Waals surface area contributed by atoms with Crippen molar-refractivity contribution < 1.29 is 25.8 Å². The van der Waals surface area contributed by atoms with E-state index in [1.54, 1.807) is 0 Å². The average Bonchev–Trinajstić information content (AvgIpc) is 3.94. The maximum absolute atomic E-state index is 6.81. The van der Waals surface area contributed by atoms with E-state index in [9.17, 15) is 0 Å². The predicted molar refractivity (Wildman–Crippen MR) is 262 cm³/mol. The molecule has 1 aliphatic heterocycles. The van der Waals surface area contributed by atoms with E-state index >= 15 is 0 Å². The molecule has 1 aliphatic rings. The summed E-state index contributed by atoms with van der Waals surface area (Å²) in [5.41, 5.74) is 11.8.